The van der Waals surface area contributed by atoms with Crippen LogP contribution in [0.3, 0.4) is 0 Å². The number of amides is 2. The number of rotatable bonds is 2. The van der Waals surface area contributed by atoms with Crippen molar-refractivity contribution in [2.45, 2.75) is 22.4 Å². The molecule has 2 N–H and O–H groups in total. The molecule has 3 heterocycles. The third kappa shape index (κ3) is 3.15. The molecule has 5 rings (SSSR count). The van der Waals surface area contributed by atoms with Gasteiger partial charge in [-0.05, 0) is 29.8 Å². The van der Waals surface area contributed by atoms with E-state index in [-0.39, 0.29) is 10.6 Å². The summed E-state index contributed by atoms with van der Waals surface area (Å²) in [5, 5.41) is 9.06. The summed E-state index contributed by atoms with van der Waals surface area (Å²) in [6.07, 6.45) is -4.75. The van der Waals surface area contributed by atoms with Crippen LogP contribution in [0.2, 0.25) is 0 Å². The number of carbonyl (C=O) groups is 2. The minimum absolute atomic E-state index is 0.00693. The van der Waals surface area contributed by atoms with Crippen molar-refractivity contribution in [3.63, 3.8) is 0 Å². The number of nitrogens with one attached hydrogen (secondary N) is 1. The number of fused-ring (bicyclic) bond motifs is 2. The van der Waals surface area contributed by atoms with Crippen LogP contribution in [0.4, 0.5) is 18.9 Å². The molecule has 0 spiro atoms. The Labute approximate surface area is 186 Å². The third-order valence-corrected chi connectivity index (χ3v) is 7.93. The molecule has 0 aliphatic carbocycles. The molecule has 6 nitrogen and oxygen atoms in total. The lowest BCUT2D eigenvalue weighted by molar-refractivity contribution is -0.137. The van der Waals surface area contributed by atoms with Gasteiger partial charge >= 0.3 is 11.0 Å². The Kier molecular flexibility index (Phi) is 4.71. The van der Waals surface area contributed by atoms with Gasteiger partial charge in [0.15, 0.2) is 0 Å². The average Bonchev–Trinajstić information content (AvgIpc) is 3.23. The van der Waals surface area contributed by atoms with Crippen LogP contribution in [-0.4, -0.2) is 27.2 Å². The van der Waals surface area contributed by atoms with E-state index >= 15 is 0 Å². The molecule has 2 aliphatic rings. The Morgan fingerprint density at radius 1 is 0.969 bits per heavy atom. The number of benzene rings is 2. The second kappa shape index (κ2) is 7.24. The molecule has 11 heteroatoms. The van der Waals surface area contributed by atoms with Gasteiger partial charge in [-0.2, -0.15) is 13.2 Å². The molecule has 1 aromatic heterocycles. The molecule has 2 amide bonds. The Bertz CT molecular complexity index is 1300. The van der Waals surface area contributed by atoms with Crippen molar-refractivity contribution in [2.24, 2.45) is 5.92 Å². The first-order chi connectivity index (χ1) is 15.2. The fraction of sp³-hybridized carbons (Fsp3) is 0.190. The topological polar surface area (TPSA) is 90.5 Å². The van der Waals surface area contributed by atoms with Crippen molar-refractivity contribution in [1.29, 1.82) is 0 Å². The van der Waals surface area contributed by atoms with Crippen LogP contribution in [0.5, 0.6) is 5.75 Å². The Hall–Kier alpha value is -3.05. The van der Waals surface area contributed by atoms with E-state index in [1.807, 2.05) is 0 Å². The van der Waals surface area contributed by atoms with Crippen LogP contribution >= 0.6 is 23.1 Å². The van der Waals surface area contributed by atoms with E-state index in [1.54, 1.807) is 12.1 Å². The first-order valence-corrected chi connectivity index (χ1v) is 11.1. The summed E-state index contributed by atoms with van der Waals surface area (Å²) in [7, 11) is 0. The number of aromatic nitrogens is 1. The molecule has 2 aliphatic heterocycles. The van der Waals surface area contributed by atoms with Crippen molar-refractivity contribution in [2.75, 3.05) is 4.90 Å². The second-order valence-corrected chi connectivity index (χ2v) is 9.53. The second-order valence-electron chi connectivity index (χ2n) is 7.37. The molecular formula is C21H13F3N2O4S2. The zero-order chi connectivity index (χ0) is 22.8. The van der Waals surface area contributed by atoms with Gasteiger partial charge in [0.1, 0.15) is 11.0 Å². The monoisotopic (exact) mass is 478 g/mol. The Morgan fingerprint density at radius 2 is 1.66 bits per heavy atom. The summed E-state index contributed by atoms with van der Waals surface area (Å²) in [5.74, 6) is -3.25. The van der Waals surface area contributed by atoms with E-state index in [0.717, 1.165) is 35.2 Å². The molecular weight excluding hydrogens is 465 g/mol. The number of carbonyl (C=O) groups excluding carboxylic acids is 2. The van der Waals surface area contributed by atoms with Crippen molar-refractivity contribution < 1.29 is 27.9 Å². The molecule has 3 atom stereocenters. The number of aromatic hydroxyl groups is 1. The molecule has 2 aromatic carbocycles. The fourth-order valence-electron chi connectivity index (χ4n) is 4.20. The maximum absolute atomic E-state index is 13.6. The molecule has 3 unspecified atom stereocenters. The third-order valence-electron chi connectivity index (χ3n) is 5.53. The van der Waals surface area contributed by atoms with E-state index in [0.29, 0.717) is 20.4 Å². The van der Waals surface area contributed by atoms with Crippen LogP contribution in [-0.2, 0) is 15.8 Å². The van der Waals surface area contributed by atoms with E-state index in [4.69, 9.17) is 0 Å². The van der Waals surface area contributed by atoms with E-state index < -0.39 is 46.3 Å². The molecule has 0 saturated carbocycles. The minimum atomic E-state index is -4.75. The lowest BCUT2D eigenvalue weighted by Gasteiger charge is -2.29. The van der Waals surface area contributed by atoms with Gasteiger partial charge in [-0.25, -0.2) is 4.90 Å². The summed E-state index contributed by atoms with van der Waals surface area (Å²) in [6, 6.07) is 10.5. The van der Waals surface area contributed by atoms with Crippen LogP contribution in [0.1, 0.15) is 21.9 Å². The molecule has 1 saturated heterocycles. The number of thiazole rings is 1. The number of alkyl halides is 3. The molecule has 164 valence electrons. The highest BCUT2D eigenvalue weighted by molar-refractivity contribution is 8.00. The van der Waals surface area contributed by atoms with Crippen molar-refractivity contribution >= 4 is 40.6 Å². The van der Waals surface area contributed by atoms with Gasteiger partial charge in [0.05, 0.1) is 22.2 Å². The average molecular weight is 478 g/mol. The van der Waals surface area contributed by atoms with E-state index in [9.17, 15) is 32.7 Å². The van der Waals surface area contributed by atoms with Gasteiger partial charge in [-0.3, -0.25) is 14.4 Å². The largest absolute Gasteiger partial charge is 0.508 e. The predicted octanol–water partition coefficient (Wildman–Crippen LogP) is 3.96. The van der Waals surface area contributed by atoms with E-state index in [2.05, 4.69) is 4.98 Å². The van der Waals surface area contributed by atoms with Gasteiger partial charge in [0.2, 0.25) is 11.8 Å². The smallest absolute Gasteiger partial charge is 0.418 e. The Morgan fingerprint density at radius 3 is 2.34 bits per heavy atom. The predicted molar refractivity (Wildman–Crippen MR) is 112 cm³/mol. The van der Waals surface area contributed by atoms with E-state index in [1.165, 1.54) is 24.3 Å². The number of anilines is 1. The summed E-state index contributed by atoms with van der Waals surface area (Å²) in [6.45, 7) is 0. The number of phenolic OH excluding ortho intramolecular Hbond substituents is 1. The van der Waals surface area contributed by atoms with Gasteiger partial charge in [-0.1, -0.05) is 47.4 Å². The number of hydrogen-bond acceptors (Lipinski definition) is 6. The van der Waals surface area contributed by atoms with Gasteiger partial charge < -0.3 is 10.1 Å². The maximum atomic E-state index is 13.6. The number of hydrogen-bond donors (Lipinski definition) is 2. The number of H-pyrrole nitrogens is 1. The first-order valence-electron chi connectivity index (χ1n) is 9.39. The zero-order valence-electron chi connectivity index (χ0n) is 15.9. The summed E-state index contributed by atoms with van der Waals surface area (Å²) in [4.78, 5) is 42.2. The van der Waals surface area contributed by atoms with Gasteiger partial charge in [-0.15, -0.1) is 0 Å². The van der Waals surface area contributed by atoms with Crippen LogP contribution in [0.15, 0.2) is 58.4 Å². The highest BCUT2D eigenvalue weighted by atomic mass is 32.2. The maximum Gasteiger partial charge on any atom is 0.418 e. The SMILES string of the molecule is O=C1C2Sc3[nH]c(=O)sc3C(c3ccc(O)cc3)C2C(=O)N1c1ccccc1C(F)(F)F. The highest BCUT2D eigenvalue weighted by Gasteiger charge is 2.57. The molecule has 32 heavy (non-hydrogen) atoms. The number of thioether (sulfide) groups is 1. The fourth-order valence-corrected chi connectivity index (χ4v) is 6.72. The number of halogens is 3. The number of nitrogens with zero attached hydrogens (tertiary/aromatic N) is 1. The van der Waals surface area contributed by atoms with Crippen molar-refractivity contribution in [1.82, 2.24) is 4.98 Å². The zero-order valence-corrected chi connectivity index (χ0v) is 17.6. The molecule has 0 radical (unpaired) electrons. The van der Waals surface area contributed by atoms with Crippen LogP contribution in [0.25, 0.3) is 0 Å². The minimum Gasteiger partial charge on any atom is -0.508 e. The quantitative estimate of drug-likeness (QED) is 0.545. The van der Waals surface area contributed by atoms with Crippen molar-refractivity contribution in [3.8, 4) is 5.75 Å². The number of aromatic amines is 1. The van der Waals surface area contributed by atoms with Crippen LogP contribution < -0.4 is 9.77 Å². The lowest BCUT2D eigenvalue weighted by atomic mass is 9.83. The molecule has 3 aromatic rings. The van der Waals surface area contributed by atoms with Gasteiger partial charge in [0, 0.05) is 10.8 Å². The number of phenols is 1. The number of imide groups is 1. The number of para-hydroxylation sites is 1. The first kappa shape index (κ1) is 20.8. The lowest BCUT2D eigenvalue weighted by Crippen LogP contribution is -2.33. The summed E-state index contributed by atoms with van der Waals surface area (Å²) >= 11 is 1.88. The normalized spacial score (nSPS) is 22.7. The van der Waals surface area contributed by atoms with Crippen LogP contribution in [0, 0.1) is 5.92 Å². The summed E-state index contributed by atoms with van der Waals surface area (Å²) in [5.41, 5.74) is -1.01. The Balaban J connectivity index is 1.66. The standard InChI is InChI=1S/C21H13F3N2O4S2/c22-21(23,24)11-3-1-2-4-12(11)26-18(28)14-13(9-5-7-10(27)8-6-9)15-17(25-20(30)32-15)31-16(14)19(26)29/h1-8,13-14,16,27H,(H,25,30). The van der Waals surface area contributed by atoms with Gasteiger partial charge in [0.25, 0.3) is 0 Å². The summed E-state index contributed by atoms with van der Waals surface area (Å²) < 4.78 is 40.8. The van der Waals surface area contributed by atoms with Crippen molar-refractivity contribution in [3.05, 3.63) is 74.2 Å². The molecule has 1 fully saturated rings. The highest BCUT2D eigenvalue weighted by Crippen LogP contribution is 2.54. The molecule has 0 bridgehead atoms.